The highest BCUT2D eigenvalue weighted by atomic mass is 35.5. The fraction of sp³-hybridized carbons (Fsp3) is 0.625. The van der Waals surface area contributed by atoms with Crippen LogP contribution < -0.4 is 5.32 Å². The number of aliphatic hydroxyl groups is 1. The van der Waals surface area contributed by atoms with E-state index in [1.165, 1.54) is 0 Å². The molecule has 21 heavy (non-hydrogen) atoms. The number of methoxy groups -OCH3 is 1. The second-order valence-corrected chi connectivity index (χ2v) is 5.96. The smallest absolute Gasteiger partial charge is 0.117 e. The Bertz CT molecular complexity index is 437. The Kier molecular flexibility index (Phi) is 6.45. The molecule has 4 nitrogen and oxygen atoms in total. The van der Waals surface area contributed by atoms with Gasteiger partial charge in [0.05, 0.1) is 19.8 Å². The normalized spacial score (nSPS) is 22.0. The zero-order chi connectivity index (χ0) is 15.1. The van der Waals surface area contributed by atoms with Crippen molar-refractivity contribution in [3.63, 3.8) is 0 Å². The van der Waals surface area contributed by atoms with E-state index < -0.39 is 5.60 Å². The highest BCUT2D eigenvalue weighted by Gasteiger charge is 2.39. The molecular weight excluding hydrogens is 290 g/mol. The van der Waals surface area contributed by atoms with Crippen LogP contribution in [0.2, 0.25) is 5.02 Å². The molecule has 0 radical (unpaired) electrons. The molecule has 0 bridgehead atoms. The van der Waals surface area contributed by atoms with Gasteiger partial charge in [0, 0.05) is 24.6 Å². The van der Waals surface area contributed by atoms with Crippen LogP contribution in [0.4, 0.5) is 0 Å². The fourth-order valence-electron chi connectivity index (χ4n) is 2.82. The van der Waals surface area contributed by atoms with E-state index in [-0.39, 0.29) is 12.5 Å². The van der Waals surface area contributed by atoms with Crippen LogP contribution in [0.3, 0.4) is 0 Å². The second kappa shape index (κ2) is 8.11. The molecule has 5 heteroatoms. The van der Waals surface area contributed by atoms with Crippen molar-refractivity contribution >= 4 is 11.6 Å². The highest BCUT2D eigenvalue weighted by molar-refractivity contribution is 6.30. The van der Waals surface area contributed by atoms with Crippen molar-refractivity contribution in [3.05, 3.63) is 34.9 Å². The van der Waals surface area contributed by atoms with Crippen LogP contribution in [0, 0.1) is 5.92 Å². The molecule has 1 heterocycles. The summed E-state index contributed by atoms with van der Waals surface area (Å²) in [6.45, 7) is 3.04. The molecule has 0 aliphatic carbocycles. The predicted molar refractivity (Wildman–Crippen MR) is 83.6 cm³/mol. The molecule has 1 fully saturated rings. The van der Waals surface area contributed by atoms with Gasteiger partial charge in [0.25, 0.3) is 0 Å². The van der Waals surface area contributed by atoms with Gasteiger partial charge in [0.15, 0.2) is 0 Å². The van der Waals surface area contributed by atoms with E-state index in [0.29, 0.717) is 18.2 Å². The number of hydrogen-bond acceptors (Lipinski definition) is 4. The third-order valence-electron chi connectivity index (χ3n) is 4.05. The minimum absolute atomic E-state index is 0.118. The summed E-state index contributed by atoms with van der Waals surface area (Å²) >= 11 is 6.09. The highest BCUT2D eigenvalue weighted by Crippen LogP contribution is 2.35. The third kappa shape index (κ3) is 4.41. The van der Waals surface area contributed by atoms with E-state index >= 15 is 0 Å². The fourth-order valence-corrected chi connectivity index (χ4v) is 3.01. The number of rotatable bonds is 7. The van der Waals surface area contributed by atoms with Gasteiger partial charge in [0.1, 0.15) is 5.60 Å². The summed E-state index contributed by atoms with van der Waals surface area (Å²) in [5, 5.41) is 15.3. The van der Waals surface area contributed by atoms with Gasteiger partial charge in [-0.25, -0.2) is 0 Å². The van der Waals surface area contributed by atoms with Crippen molar-refractivity contribution in [1.82, 2.24) is 5.32 Å². The van der Waals surface area contributed by atoms with Crippen molar-refractivity contribution in [2.24, 2.45) is 5.92 Å². The molecule has 2 N–H and O–H groups in total. The summed E-state index contributed by atoms with van der Waals surface area (Å²) in [6, 6.07) is 7.43. The summed E-state index contributed by atoms with van der Waals surface area (Å²) < 4.78 is 10.6. The van der Waals surface area contributed by atoms with E-state index in [0.717, 1.165) is 31.5 Å². The Morgan fingerprint density at radius 2 is 2.29 bits per heavy atom. The molecule has 0 saturated carbocycles. The quantitative estimate of drug-likeness (QED) is 0.758. The first-order chi connectivity index (χ1) is 10.2. The molecular formula is C16H24ClNO3. The van der Waals surface area contributed by atoms with Gasteiger partial charge < -0.3 is 19.9 Å². The summed E-state index contributed by atoms with van der Waals surface area (Å²) in [6.07, 6.45) is 2.04. The summed E-state index contributed by atoms with van der Waals surface area (Å²) in [7, 11) is 1.64. The number of hydrogen-bond donors (Lipinski definition) is 2. The van der Waals surface area contributed by atoms with Crippen molar-refractivity contribution < 1.29 is 14.6 Å². The summed E-state index contributed by atoms with van der Waals surface area (Å²) in [5.74, 6) is 0.118. The first-order valence-corrected chi connectivity index (χ1v) is 7.80. The standard InChI is InChI=1S/C16H24ClNO3/c1-20-8-9-21-12-16(19,14-5-3-7-18-11-14)13-4-2-6-15(17)10-13/h2,4,6,10,14,18-19H,3,5,7-9,11-12H2,1H3/t14-,16-/m1/s1. The van der Waals surface area contributed by atoms with E-state index in [1.54, 1.807) is 7.11 Å². The molecule has 0 unspecified atom stereocenters. The molecule has 1 saturated heterocycles. The third-order valence-corrected chi connectivity index (χ3v) is 4.29. The minimum atomic E-state index is -1.02. The molecule has 0 aromatic heterocycles. The molecule has 0 spiro atoms. The number of piperidine rings is 1. The van der Waals surface area contributed by atoms with Gasteiger partial charge in [-0.15, -0.1) is 0 Å². The largest absolute Gasteiger partial charge is 0.382 e. The molecule has 1 aliphatic heterocycles. The molecule has 1 aliphatic rings. The molecule has 2 rings (SSSR count). The SMILES string of the molecule is COCCOC[C@@](O)(c1cccc(Cl)c1)[C@@H]1CCCNC1. The van der Waals surface area contributed by atoms with Gasteiger partial charge in [-0.05, 0) is 37.1 Å². The predicted octanol–water partition coefficient (Wildman–Crippen LogP) is 2.19. The first kappa shape index (κ1) is 16.7. The monoisotopic (exact) mass is 313 g/mol. The Morgan fingerprint density at radius 3 is 2.95 bits per heavy atom. The average Bonchev–Trinajstić information content (AvgIpc) is 2.52. The zero-order valence-corrected chi connectivity index (χ0v) is 13.2. The van der Waals surface area contributed by atoms with Crippen molar-refractivity contribution in [2.75, 3.05) is 40.0 Å². The van der Waals surface area contributed by atoms with Gasteiger partial charge in [-0.2, -0.15) is 0 Å². The average molecular weight is 314 g/mol. The molecule has 1 aromatic carbocycles. The number of nitrogens with one attached hydrogen (secondary N) is 1. The maximum atomic E-state index is 11.3. The molecule has 2 atom stereocenters. The summed E-state index contributed by atoms with van der Waals surface area (Å²) in [4.78, 5) is 0. The zero-order valence-electron chi connectivity index (χ0n) is 12.5. The van der Waals surface area contributed by atoms with Crippen LogP contribution in [0.5, 0.6) is 0 Å². The maximum Gasteiger partial charge on any atom is 0.117 e. The number of halogens is 1. The van der Waals surface area contributed by atoms with E-state index in [2.05, 4.69) is 5.32 Å². The van der Waals surface area contributed by atoms with E-state index in [1.807, 2.05) is 24.3 Å². The van der Waals surface area contributed by atoms with Crippen molar-refractivity contribution in [2.45, 2.75) is 18.4 Å². The van der Waals surface area contributed by atoms with Crippen molar-refractivity contribution in [1.29, 1.82) is 0 Å². The van der Waals surface area contributed by atoms with Crippen molar-refractivity contribution in [3.8, 4) is 0 Å². The second-order valence-electron chi connectivity index (χ2n) is 5.52. The Hall–Kier alpha value is -0.650. The Balaban J connectivity index is 2.15. The Labute approximate surface area is 131 Å². The van der Waals surface area contributed by atoms with Crippen LogP contribution >= 0.6 is 11.6 Å². The summed E-state index contributed by atoms with van der Waals surface area (Å²) in [5.41, 5.74) is -0.201. The molecule has 1 aromatic rings. The van der Waals surface area contributed by atoms with Crippen LogP contribution in [0.25, 0.3) is 0 Å². The molecule has 0 amide bonds. The van der Waals surface area contributed by atoms with Gasteiger partial charge in [-0.3, -0.25) is 0 Å². The first-order valence-electron chi connectivity index (χ1n) is 7.42. The number of benzene rings is 1. The van der Waals surface area contributed by atoms with Gasteiger partial charge in [-0.1, -0.05) is 23.7 Å². The molecule has 118 valence electrons. The van der Waals surface area contributed by atoms with Crippen LogP contribution in [0.1, 0.15) is 18.4 Å². The van der Waals surface area contributed by atoms with Gasteiger partial charge >= 0.3 is 0 Å². The topological polar surface area (TPSA) is 50.7 Å². The maximum absolute atomic E-state index is 11.3. The lowest BCUT2D eigenvalue weighted by Crippen LogP contribution is -2.47. The van der Waals surface area contributed by atoms with Crippen LogP contribution in [-0.2, 0) is 15.1 Å². The van der Waals surface area contributed by atoms with Gasteiger partial charge in [0.2, 0.25) is 0 Å². The lowest BCUT2D eigenvalue weighted by atomic mass is 9.78. The minimum Gasteiger partial charge on any atom is -0.382 e. The lowest BCUT2D eigenvalue weighted by molar-refractivity contribution is -0.101. The van der Waals surface area contributed by atoms with Crippen LogP contribution in [-0.4, -0.2) is 45.1 Å². The van der Waals surface area contributed by atoms with E-state index in [4.69, 9.17) is 21.1 Å². The van der Waals surface area contributed by atoms with E-state index in [9.17, 15) is 5.11 Å². The lowest BCUT2D eigenvalue weighted by Gasteiger charge is -2.39. The number of ether oxygens (including phenoxy) is 2. The Morgan fingerprint density at radius 1 is 1.43 bits per heavy atom. The van der Waals surface area contributed by atoms with Crippen LogP contribution in [0.15, 0.2) is 24.3 Å².